The van der Waals surface area contributed by atoms with Crippen LogP contribution in [0.1, 0.15) is 66.2 Å². The average Bonchev–Trinajstić information content (AvgIpc) is 2.39. The van der Waals surface area contributed by atoms with Gasteiger partial charge in [-0.05, 0) is 56.9 Å². The first kappa shape index (κ1) is 15.4. The van der Waals surface area contributed by atoms with Crippen molar-refractivity contribution in [1.82, 2.24) is 0 Å². The topological polar surface area (TPSA) is 37.3 Å². The first-order valence-electron chi connectivity index (χ1n) is 7.45. The molecule has 0 aromatic heterocycles. The molecule has 0 aromatic carbocycles. The summed E-state index contributed by atoms with van der Waals surface area (Å²) < 4.78 is 0. The van der Waals surface area contributed by atoms with Gasteiger partial charge in [0.25, 0.3) is 0 Å². The molecule has 0 amide bonds. The molecule has 0 heterocycles. The van der Waals surface area contributed by atoms with E-state index in [0.29, 0.717) is 5.92 Å². The van der Waals surface area contributed by atoms with Crippen molar-refractivity contribution in [2.75, 3.05) is 0 Å². The summed E-state index contributed by atoms with van der Waals surface area (Å²) in [6.45, 7) is 8.13. The Hall–Kier alpha value is -0.630. The summed E-state index contributed by atoms with van der Waals surface area (Å²) in [5.74, 6) is 1.01. The fourth-order valence-electron chi connectivity index (χ4n) is 3.18. The molecule has 2 nitrogen and oxygen atoms in total. The minimum Gasteiger partial charge on any atom is -0.389 e. The zero-order valence-corrected chi connectivity index (χ0v) is 12.3. The van der Waals surface area contributed by atoms with E-state index in [-0.39, 0.29) is 17.8 Å². The van der Waals surface area contributed by atoms with E-state index >= 15 is 0 Å². The molecule has 0 spiro atoms. The molecule has 0 bridgehead atoms. The molecule has 2 atom stereocenters. The van der Waals surface area contributed by atoms with Crippen LogP contribution in [-0.2, 0) is 4.79 Å². The van der Waals surface area contributed by atoms with Crippen LogP contribution in [0.2, 0.25) is 0 Å². The van der Waals surface area contributed by atoms with Crippen molar-refractivity contribution in [3.63, 3.8) is 0 Å². The largest absolute Gasteiger partial charge is 0.389 e. The lowest BCUT2D eigenvalue weighted by molar-refractivity contribution is -0.121. The summed E-state index contributed by atoms with van der Waals surface area (Å²) in [7, 11) is 0. The molecule has 1 rings (SSSR count). The molecule has 0 saturated carbocycles. The number of hydrogen-bond donors (Lipinski definition) is 1. The van der Waals surface area contributed by atoms with Gasteiger partial charge in [0.05, 0.1) is 6.10 Å². The predicted octanol–water partition coefficient (Wildman–Crippen LogP) is 3.88. The lowest BCUT2D eigenvalue weighted by Crippen LogP contribution is -2.25. The van der Waals surface area contributed by atoms with Gasteiger partial charge in [0.2, 0.25) is 0 Å². The van der Waals surface area contributed by atoms with E-state index in [1.165, 1.54) is 11.1 Å². The van der Waals surface area contributed by atoms with E-state index in [1.807, 2.05) is 6.92 Å². The average molecular weight is 252 g/mol. The second kappa shape index (κ2) is 7.08. The first-order valence-corrected chi connectivity index (χ1v) is 7.45. The third kappa shape index (κ3) is 3.44. The van der Waals surface area contributed by atoms with Gasteiger partial charge < -0.3 is 5.11 Å². The normalized spacial score (nSPS) is 22.4. The highest BCUT2D eigenvalue weighted by molar-refractivity contribution is 5.78. The number of allylic oxidation sites excluding steroid dienone is 1. The van der Waals surface area contributed by atoms with E-state index in [1.54, 1.807) is 6.92 Å². The Kier molecular flexibility index (Phi) is 6.07. The molecule has 104 valence electrons. The Balaban J connectivity index is 3.01. The minimum atomic E-state index is -0.345. The number of Topliss-reactive ketones (excluding diaryl/α,β-unsaturated/α-hetero) is 1. The molecule has 0 aromatic rings. The van der Waals surface area contributed by atoms with E-state index in [4.69, 9.17) is 0 Å². The van der Waals surface area contributed by atoms with Crippen molar-refractivity contribution in [3.05, 3.63) is 11.1 Å². The maximum absolute atomic E-state index is 11.6. The van der Waals surface area contributed by atoms with Gasteiger partial charge in [-0.2, -0.15) is 0 Å². The van der Waals surface area contributed by atoms with Crippen LogP contribution in [0.15, 0.2) is 11.1 Å². The second-order valence-corrected chi connectivity index (χ2v) is 5.54. The van der Waals surface area contributed by atoms with Crippen molar-refractivity contribution >= 4 is 5.78 Å². The highest BCUT2D eigenvalue weighted by atomic mass is 16.3. The molecule has 2 unspecified atom stereocenters. The maximum Gasteiger partial charge on any atom is 0.133 e. The number of carbonyl (C=O) groups is 1. The van der Waals surface area contributed by atoms with Crippen LogP contribution in [0.3, 0.4) is 0 Å². The fraction of sp³-hybridized carbons (Fsp3) is 0.812. The molecular weight excluding hydrogens is 224 g/mol. The summed E-state index contributed by atoms with van der Waals surface area (Å²) in [6, 6.07) is 0. The zero-order valence-electron chi connectivity index (χ0n) is 12.3. The van der Waals surface area contributed by atoms with E-state index in [0.717, 1.165) is 38.5 Å². The van der Waals surface area contributed by atoms with Crippen molar-refractivity contribution in [2.24, 2.45) is 11.8 Å². The molecule has 1 aliphatic carbocycles. The van der Waals surface area contributed by atoms with E-state index in [9.17, 15) is 9.90 Å². The summed E-state index contributed by atoms with van der Waals surface area (Å²) in [5, 5.41) is 10.2. The number of hydrogen-bond acceptors (Lipinski definition) is 2. The van der Waals surface area contributed by atoms with Crippen LogP contribution in [0.25, 0.3) is 0 Å². The third-order valence-electron chi connectivity index (χ3n) is 4.48. The molecule has 2 heteroatoms. The standard InChI is InChI=1S/C16H28O2/c1-5-12(6-2)14-9-8-13(11(4)17)10-15(14)16(18)7-3/h12-13,16,18H,5-10H2,1-4H3. The molecule has 0 saturated heterocycles. The Bertz CT molecular complexity index is 313. The number of carbonyl (C=O) groups excluding carboxylic acids is 1. The predicted molar refractivity (Wildman–Crippen MR) is 75.4 cm³/mol. The SMILES string of the molecule is CCC(O)C1=C(C(CC)CC)CCC(C(C)=O)C1. The van der Waals surface area contributed by atoms with Crippen molar-refractivity contribution < 1.29 is 9.90 Å². The molecular formula is C16H28O2. The van der Waals surface area contributed by atoms with Crippen LogP contribution in [-0.4, -0.2) is 17.0 Å². The number of aliphatic hydroxyl groups is 1. The third-order valence-corrected chi connectivity index (χ3v) is 4.48. The molecule has 1 N–H and O–H groups in total. The molecule has 0 fully saturated rings. The minimum absolute atomic E-state index is 0.138. The van der Waals surface area contributed by atoms with Crippen LogP contribution in [0.5, 0.6) is 0 Å². The van der Waals surface area contributed by atoms with Gasteiger partial charge >= 0.3 is 0 Å². The Labute approximate surface area is 111 Å². The van der Waals surface area contributed by atoms with Crippen molar-refractivity contribution in [1.29, 1.82) is 0 Å². The zero-order chi connectivity index (χ0) is 13.7. The van der Waals surface area contributed by atoms with Gasteiger partial charge in [0, 0.05) is 5.92 Å². The van der Waals surface area contributed by atoms with Gasteiger partial charge in [-0.3, -0.25) is 4.79 Å². The fourth-order valence-corrected chi connectivity index (χ4v) is 3.18. The smallest absolute Gasteiger partial charge is 0.133 e. The molecule has 0 radical (unpaired) electrons. The Morgan fingerprint density at radius 3 is 2.28 bits per heavy atom. The summed E-state index contributed by atoms with van der Waals surface area (Å²) in [5.41, 5.74) is 2.63. The van der Waals surface area contributed by atoms with E-state index in [2.05, 4.69) is 13.8 Å². The monoisotopic (exact) mass is 252 g/mol. The highest BCUT2D eigenvalue weighted by Gasteiger charge is 2.29. The van der Waals surface area contributed by atoms with Crippen molar-refractivity contribution in [2.45, 2.75) is 72.3 Å². The van der Waals surface area contributed by atoms with Gasteiger partial charge in [-0.1, -0.05) is 26.3 Å². The quantitative estimate of drug-likeness (QED) is 0.728. The molecule has 0 aliphatic heterocycles. The molecule has 1 aliphatic rings. The van der Waals surface area contributed by atoms with Gasteiger partial charge in [0.1, 0.15) is 5.78 Å². The maximum atomic E-state index is 11.6. The number of aliphatic hydroxyl groups excluding tert-OH is 1. The molecule has 18 heavy (non-hydrogen) atoms. The van der Waals surface area contributed by atoms with Crippen LogP contribution < -0.4 is 0 Å². The summed E-state index contributed by atoms with van der Waals surface area (Å²) >= 11 is 0. The summed E-state index contributed by atoms with van der Waals surface area (Å²) in [4.78, 5) is 11.6. The van der Waals surface area contributed by atoms with Gasteiger partial charge in [-0.15, -0.1) is 0 Å². The Morgan fingerprint density at radius 2 is 1.83 bits per heavy atom. The summed E-state index contributed by atoms with van der Waals surface area (Å²) in [6.07, 6.45) is 5.44. The lowest BCUT2D eigenvalue weighted by Gasteiger charge is -2.32. The van der Waals surface area contributed by atoms with Crippen LogP contribution >= 0.6 is 0 Å². The second-order valence-electron chi connectivity index (χ2n) is 5.54. The number of ketones is 1. The lowest BCUT2D eigenvalue weighted by atomic mass is 9.74. The van der Waals surface area contributed by atoms with Gasteiger partial charge in [0.15, 0.2) is 0 Å². The van der Waals surface area contributed by atoms with Crippen LogP contribution in [0.4, 0.5) is 0 Å². The Morgan fingerprint density at radius 1 is 1.22 bits per heavy atom. The van der Waals surface area contributed by atoms with Crippen molar-refractivity contribution in [3.8, 4) is 0 Å². The first-order chi connectivity index (χ1) is 8.54. The van der Waals surface area contributed by atoms with Gasteiger partial charge in [-0.25, -0.2) is 0 Å². The van der Waals surface area contributed by atoms with E-state index < -0.39 is 0 Å². The highest BCUT2D eigenvalue weighted by Crippen LogP contribution is 2.38. The number of rotatable bonds is 6. The van der Waals surface area contributed by atoms with Crippen LogP contribution in [0, 0.1) is 11.8 Å².